The molecule has 0 amide bonds. The average molecular weight is 663 g/mol. The third-order valence-electron chi connectivity index (χ3n) is 10.7. The molecule has 0 aliphatic carbocycles. The van der Waals surface area contributed by atoms with Crippen LogP contribution in [0.25, 0.3) is 86.9 Å². The summed E-state index contributed by atoms with van der Waals surface area (Å²) in [6.45, 7) is 0.590. The van der Waals surface area contributed by atoms with Crippen molar-refractivity contribution in [2.45, 2.75) is 6.54 Å². The fraction of sp³-hybridized carbons (Fsp3) is 0.0200. The van der Waals surface area contributed by atoms with Gasteiger partial charge in [0.05, 0.1) is 6.54 Å². The number of anilines is 1. The molecule has 0 spiro atoms. The minimum atomic E-state index is 0.590. The second kappa shape index (κ2) is 12.2. The van der Waals surface area contributed by atoms with Crippen LogP contribution in [-0.4, -0.2) is 6.21 Å². The molecule has 0 atom stereocenters. The minimum absolute atomic E-state index is 0.590. The lowest BCUT2D eigenvalue weighted by Crippen LogP contribution is -1.94. The number of nitrogens with two attached hydrogens (primary N) is 1. The quantitative estimate of drug-likeness (QED) is 0.0847. The van der Waals surface area contributed by atoms with Crippen molar-refractivity contribution in [3.8, 4) is 22.3 Å². The SMILES string of the molecule is Nc1ccccc1-c1ccc(-c2cc3ccccc3c3cc4ccccc4c(C=NCc4ccc5c(ccc6c7ccccc7ccc56)c4)c23)cc1. The van der Waals surface area contributed by atoms with Crippen molar-refractivity contribution in [2.75, 3.05) is 5.73 Å². The van der Waals surface area contributed by atoms with E-state index in [0.717, 1.165) is 27.9 Å². The molecule has 0 saturated heterocycles. The Morgan fingerprint density at radius 2 is 0.942 bits per heavy atom. The molecular weight excluding hydrogens is 629 g/mol. The number of aliphatic imine (C=N–C) groups is 1. The van der Waals surface area contributed by atoms with Gasteiger partial charge >= 0.3 is 0 Å². The minimum Gasteiger partial charge on any atom is -0.398 e. The first kappa shape index (κ1) is 30.1. The lowest BCUT2D eigenvalue weighted by atomic mass is 9.87. The molecule has 0 fully saturated rings. The standard InChI is InChI=1S/C50H34N2/c51-49-16-8-7-15-43(49)34-18-20-35(21-19-34)46-28-36-10-2-5-13-40(36)47-29-37-11-3-6-14-41(37)48(50(46)47)31-52-30-32-17-24-42-38(27-32)23-26-44-39-12-4-1-9-33(39)22-25-45(42)44/h1-29,31H,30,51H2. The number of para-hydroxylation sites is 1. The molecule has 0 aliphatic heterocycles. The molecule has 52 heavy (non-hydrogen) atoms. The second-order valence-corrected chi connectivity index (χ2v) is 13.7. The number of hydrogen-bond donors (Lipinski definition) is 1. The van der Waals surface area contributed by atoms with Gasteiger partial charge in [0.2, 0.25) is 0 Å². The van der Waals surface area contributed by atoms with Crippen molar-refractivity contribution in [1.82, 2.24) is 0 Å². The van der Waals surface area contributed by atoms with Crippen molar-refractivity contribution >= 4 is 76.5 Å². The van der Waals surface area contributed by atoms with Crippen LogP contribution in [0.15, 0.2) is 181 Å². The Labute approximate surface area is 302 Å². The molecule has 10 aromatic carbocycles. The smallest absolute Gasteiger partial charge is 0.0640 e. The predicted molar refractivity (Wildman–Crippen MR) is 225 cm³/mol. The van der Waals surface area contributed by atoms with Crippen LogP contribution in [0, 0.1) is 0 Å². The molecule has 2 nitrogen and oxygen atoms in total. The Kier molecular flexibility index (Phi) is 7.07. The van der Waals surface area contributed by atoms with Crippen LogP contribution in [0.4, 0.5) is 5.69 Å². The van der Waals surface area contributed by atoms with E-state index in [9.17, 15) is 0 Å². The van der Waals surface area contributed by atoms with Gasteiger partial charge in [0.25, 0.3) is 0 Å². The van der Waals surface area contributed by atoms with E-state index < -0.39 is 0 Å². The lowest BCUT2D eigenvalue weighted by molar-refractivity contribution is 1.08. The van der Waals surface area contributed by atoms with Gasteiger partial charge < -0.3 is 5.73 Å². The first-order valence-electron chi connectivity index (χ1n) is 17.9. The molecule has 0 aliphatic rings. The van der Waals surface area contributed by atoms with E-state index in [4.69, 9.17) is 10.7 Å². The molecular formula is C50H34N2. The van der Waals surface area contributed by atoms with Crippen LogP contribution in [0.1, 0.15) is 11.1 Å². The van der Waals surface area contributed by atoms with Gasteiger partial charge in [-0.15, -0.1) is 0 Å². The predicted octanol–water partition coefficient (Wildman–Crippen LogP) is 13.1. The Morgan fingerprint density at radius 3 is 1.69 bits per heavy atom. The van der Waals surface area contributed by atoms with Crippen LogP contribution in [0.5, 0.6) is 0 Å². The maximum Gasteiger partial charge on any atom is 0.0640 e. The molecule has 0 radical (unpaired) electrons. The fourth-order valence-corrected chi connectivity index (χ4v) is 8.14. The van der Waals surface area contributed by atoms with E-state index in [0.29, 0.717) is 6.54 Å². The Balaban J connectivity index is 1.10. The van der Waals surface area contributed by atoms with Gasteiger partial charge in [0.1, 0.15) is 0 Å². The first-order chi connectivity index (χ1) is 25.7. The Morgan fingerprint density at radius 1 is 0.404 bits per heavy atom. The maximum absolute atomic E-state index is 6.35. The molecule has 2 heteroatoms. The highest BCUT2D eigenvalue weighted by molar-refractivity contribution is 6.24. The van der Waals surface area contributed by atoms with E-state index in [1.54, 1.807) is 0 Å². The zero-order chi connectivity index (χ0) is 34.6. The zero-order valence-electron chi connectivity index (χ0n) is 28.6. The highest BCUT2D eigenvalue weighted by Gasteiger charge is 2.16. The Hall–Kier alpha value is -6.77. The van der Waals surface area contributed by atoms with Gasteiger partial charge in [0, 0.05) is 23.0 Å². The number of nitrogen functional groups attached to an aromatic ring is 1. The van der Waals surface area contributed by atoms with E-state index in [1.807, 2.05) is 18.2 Å². The van der Waals surface area contributed by atoms with Crippen LogP contribution in [0.3, 0.4) is 0 Å². The van der Waals surface area contributed by atoms with Gasteiger partial charge in [-0.1, -0.05) is 152 Å². The average Bonchev–Trinajstić information content (AvgIpc) is 3.20. The van der Waals surface area contributed by atoms with Gasteiger partial charge in [-0.05, 0) is 111 Å². The van der Waals surface area contributed by atoms with Gasteiger partial charge in [-0.2, -0.15) is 0 Å². The molecule has 0 bridgehead atoms. The lowest BCUT2D eigenvalue weighted by Gasteiger charge is -2.16. The zero-order valence-corrected chi connectivity index (χ0v) is 28.6. The summed E-state index contributed by atoms with van der Waals surface area (Å²) >= 11 is 0. The van der Waals surface area contributed by atoms with E-state index in [-0.39, 0.29) is 0 Å². The summed E-state index contributed by atoms with van der Waals surface area (Å²) < 4.78 is 0. The molecule has 0 saturated carbocycles. The summed E-state index contributed by atoms with van der Waals surface area (Å²) in [5.41, 5.74) is 14.0. The summed E-state index contributed by atoms with van der Waals surface area (Å²) in [6.07, 6.45) is 2.11. The number of benzene rings is 10. The number of hydrogen-bond acceptors (Lipinski definition) is 2. The summed E-state index contributed by atoms with van der Waals surface area (Å²) in [7, 11) is 0. The topological polar surface area (TPSA) is 38.4 Å². The van der Waals surface area contributed by atoms with Crippen molar-refractivity contribution in [2.24, 2.45) is 4.99 Å². The number of nitrogens with zero attached hydrogens (tertiary/aromatic N) is 1. The monoisotopic (exact) mass is 662 g/mol. The van der Waals surface area contributed by atoms with Gasteiger partial charge in [-0.3, -0.25) is 4.99 Å². The van der Waals surface area contributed by atoms with Crippen molar-refractivity contribution < 1.29 is 0 Å². The summed E-state index contributed by atoms with van der Waals surface area (Å²) in [5, 5.41) is 15.0. The third-order valence-corrected chi connectivity index (χ3v) is 10.7. The third kappa shape index (κ3) is 5.00. The molecule has 0 aromatic heterocycles. The fourth-order valence-electron chi connectivity index (χ4n) is 8.14. The first-order valence-corrected chi connectivity index (χ1v) is 17.9. The van der Waals surface area contributed by atoms with Crippen LogP contribution in [0.2, 0.25) is 0 Å². The van der Waals surface area contributed by atoms with Gasteiger partial charge in [0.15, 0.2) is 0 Å². The van der Waals surface area contributed by atoms with E-state index in [1.165, 1.54) is 75.8 Å². The van der Waals surface area contributed by atoms with E-state index in [2.05, 4.69) is 164 Å². The summed E-state index contributed by atoms with van der Waals surface area (Å²) in [6, 6.07) is 63.4. The largest absolute Gasteiger partial charge is 0.398 e. The molecule has 0 heterocycles. The van der Waals surface area contributed by atoms with Crippen molar-refractivity contribution in [1.29, 1.82) is 0 Å². The maximum atomic E-state index is 6.35. The molecule has 0 unspecified atom stereocenters. The second-order valence-electron chi connectivity index (χ2n) is 13.7. The molecule has 2 N–H and O–H groups in total. The summed E-state index contributed by atoms with van der Waals surface area (Å²) in [5.74, 6) is 0. The van der Waals surface area contributed by atoms with Crippen LogP contribution in [-0.2, 0) is 6.54 Å². The highest BCUT2D eigenvalue weighted by atomic mass is 14.7. The van der Waals surface area contributed by atoms with Crippen LogP contribution >= 0.6 is 0 Å². The van der Waals surface area contributed by atoms with E-state index >= 15 is 0 Å². The van der Waals surface area contributed by atoms with Crippen molar-refractivity contribution in [3.05, 3.63) is 187 Å². The Bertz CT molecular complexity index is 3040. The number of fused-ring (bicyclic) bond motifs is 9. The molecule has 244 valence electrons. The van der Waals surface area contributed by atoms with Crippen molar-refractivity contribution in [3.63, 3.8) is 0 Å². The summed E-state index contributed by atoms with van der Waals surface area (Å²) in [4.78, 5) is 5.16. The normalized spacial score (nSPS) is 11.9. The molecule has 10 rings (SSSR count). The number of rotatable bonds is 5. The van der Waals surface area contributed by atoms with Gasteiger partial charge in [-0.25, -0.2) is 0 Å². The molecule has 10 aromatic rings. The highest BCUT2D eigenvalue weighted by Crippen LogP contribution is 2.41. The van der Waals surface area contributed by atoms with Crippen LogP contribution < -0.4 is 5.73 Å².